The summed E-state index contributed by atoms with van der Waals surface area (Å²) in [4.78, 5) is 22.6. The molecule has 8 heteroatoms. The highest BCUT2D eigenvalue weighted by atomic mass is 19.4. The lowest BCUT2D eigenvalue weighted by atomic mass is 9.81. The number of nitrogens with one attached hydrogen (secondary N) is 1. The molecule has 0 aliphatic heterocycles. The second-order valence-corrected chi connectivity index (χ2v) is 4.86. The van der Waals surface area contributed by atoms with E-state index >= 15 is 0 Å². The van der Waals surface area contributed by atoms with Gasteiger partial charge in [-0.2, -0.15) is 13.2 Å². The molecular formula is C12H18F3NO4. The van der Waals surface area contributed by atoms with Gasteiger partial charge in [0.25, 0.3) is 0 Å². The van der Waals surface area contributed by atoms with Gasteiger partial charge in [0.1, 0.15) is 6.61 Å². The van der Waals surface area contributed by atoms with E-state index in [2.05, 4.69) is 10.1 Å². The second-order valence-electron chi connectivity index (χ2n) is 4.86. The van der Waals surface area contributed by atoms with Crippen molar-refractivity contribution in [2.75, 3.05) is 19.8 Å². The third-order valence-electron chi connectivity index (χ3n) is 3.21. The first-order valence-corrected chi connectivity index (χ1v) is 6.44. The van der Waals surface area contributed by atoms with Crippen LogP contribution in [-0.4, -0.2) is 42.9 Å². The van der Waals surface area contributed by atoms with Gasteiger partial charge < -0.3 is 15.2 Å². The van der Waals surface area contributed by atoms with E-state index in [1.165, 1.54) is 0 Å². The first-order valence-electron chi connectivity index (χ1n) is 6.44. The molecule has 1 aliphatic carbocycles. The van der Waals surface area contributed by atoms with Crippen LogP contribution in [0.1, 0.15) is 25.7 Å². The average molecular weight is 297 g/mol. The van der Waals surface area contributed by atoms with Crippen molar-refractivity contribution in [3.8, 4) is 0 Å². The van der Waals surface area contributed by atoms with Gasteiger partial charge in [0.2, 0.25) is 5.91 Å². The lowest BCUT2D eigenvalue weighted by molar-refractivity contribution is -0.173. The van der Waals surface area contributed by atoms with Crippen LogP contribution in [0.3, 0.4) is 0 Å². The van der Waals surface area contributed by atoms with Gasteiger partial charge in [-0.1, -0.05) is 6.42 Å². The molecule has 20 heavy (non-hydrogen) atoms. The molecule has 0 spiro atoms. The molecule has 0 saturated heterocycles. The largest absolute Gasteiger partial charge is 0.481 e. The van der Waals surface area contributed by atoms with Crippen LogP contribution in [-0.2, 0) is 14.3 Å². The number of hydrogen-bond donors (Lipinski definition) is 2. The molecule has 116 valence electrons. The Bertz CT molecular complexity index is 346. The average Bonchev–Trinajstić information content (AvgIpc) is 2.37. The molecule has 1 fully saturated rings. The molecule has 0 aromatic rings. The van der Waals surface area contributed by atoms with Gasteiger partial charge in [0, 0.05) is 12.5 Å². The molecule has 0 unspecified atom stereocenters. The molecule has 5 nitrogen and oxygen atoms in total. The van der Waals surface area contributed by atoms with E-state index in [0.717, 1.165) is 0 Å². The van der Waals surface area contributed by atoms with Crippen LogP contribution in [0.5, 0.6) is 0 Å². The quantitative estimate of drug-likeness (QED) is 0.730. The Kier molecular flexibility index (Phi) is 6.25. The standard InChI is InChI=1S/C12H18F3NO4/c13-12(14,15)7-20-5-4-16-10(17)8-2-1-3-9(6-8)11(18)19/h8-9H,1-7H2,(H,16,17)(H,18,19)/t8-,9+/m0/s1. The first kappa shape index (κ1) is 16.7. The third-order valence-corrected chi connectivity index (χ3v) is 3.21. The van der Waals surface area contributed by atoms with E-state index in [1.807, 2.05) is 0 Å². The zero-order valence-corrected chi connectivity index (χ0v) is 10.9. The van der Waals surface area contributed by atoms with Crippen molar-refractivity contribution in [3.63, 3.8) is 0 Å². The number of carboxylic acid groups (broad SMARTS) is 1. The van der Waals surface area contributed by atoms with Crippen LogP contribution in [0.15, 0.2) is 0 Å². The lowest BCUT2D eigenvalue weighted by Gasteiger charge is -2.25. The van der Waals surface area contributed by atoms with Crippen molar-refractivity contribution in [2.45, 2.75) is 31.9 Å². The summed E-state index contributed by atoms with van der Waals surface area (Å²) in [5, 5.41) is 11.4. The highest BCUT2D eigenvalue weighted by Gasteiger charge is 2.31. The minimum atomic E-state index is -4.37. The van der Waals surface area contributed by atoms with Crippen LogP contribution >= 0.6 is 0 Å². The fourth-order valence-corrected chi connectivity index (χ4v) is 2.23. The second kappa shape index (κ2) is 7.47. The van der Waals surface area contributed by atoms with Crippen LogP contribution < -0.4 is 5.32 Å². The van der Waals surface area contributed by atoms with Gasteiger partial charge in [-0.05, 0) is 19.3 Å². The molecule has 0 heterocycles. The Morgan fingerprint density at radius 3 is 2.50 bits per heavy atom. The summed E-state index contributed by atoms with van der Waals surface area (Å²) in [6.45, 7) is -1.57. The molecule has 2 atom stereocenters. The predicted molar refractivity (Wildman–Crippen MR) is 63.0 cm³/mol. The van der Waals surface area contributed by atoms with E-state index in [0.29, 0.717) is 19.3 Å². The van der Waals surface area contributed by atoms with Gasteiger partial charge in [-0.25, -0.2) is 0 Å². The van der Waals surface area contributed by atoms with Crippen molar-refractivity contribution in [2.24, 2.45) is 11.8 Å². The molecule has 1 aliphatic rings. The maximum Gasteiger partial charge on any atom is 0.411 e. The number of ether oxygens (including phenoxy) is 1. The Hall–Kier alpha value is -1.31. The van der Waals surface area contributed by atoms with Crippen molar-refractivity contribution < 1.29 is 32.6 Å². The van der Waals surface area contributed by atoms with Crippen LogP contribution in [0, 0.1) is 11.8 Å². The first-order chi connectivity index (χ1) is 9.29. The molecule has 0 aromatic heterocycles. The Balaban J connectivity index is 2.20. The SMILES string of the molecule is O=C(O)[C@@H]1CCC[C@H](C(=O)NCCOCC(F)(F)F)C1. The van der Waals surface area contributed by atoms with E-state index in [-0.39, 0.29) is 31.4 Å². The number of carbonyl (C=O) groups is 2. The van der Waals surface area contributed by atoms with Crippen molar-refractivity contribution in [1.82, 2.24) is 5.32 Å². The number of hydrogen-bond acceptors (Lipinski definition) is 3. The number of carbonyl (C=O) groups excluding carboxylic acids is 1. The van der Waals surface area contributed by atoms with Crippen molar-refractivity contribution in [3.05, 3.63) is 0 Å². The highest BCUT2D eigenvalue weighted by molar-refractivity contribution is 5.80. The number of carboxylic acids is 1. The van der Waals surface area contributed by atoms with Gasteiger partial charge in [-0.15, -0.1) is 0 Å². The summed E-state index contributed by atoms with van der Waals surface area (Å²) in [5.41, 5.74) is 0. The normalized spacial score (nSPS) is 23.4. The van der Waals surface area contributed by atoms with Crippen LogP contribution in [0.4, 0.5) is 13.2 Å². The van der Waals surface area contributed by atoms with Crippen LogP contribution in [0.2, 0.25) is 0 Å². The topological polar surface area (TPSA) is 75.6 Å². The summed E-state index contributed by atoms with van der Waals surface area (Å²) in [6, 6.07) is 0. The summed E-state index contributed by atoms with van der Waals surface area (Å²) >= 11 is 0. The van der Waals surface area contributed by atoms with Gasteiger partial charge in [0.05, 0.1) is 12.5 Å². The molecule has 1 saturated carbocycles. The number of halogens is 3. The number of amides is 1. The number of rotatable bonds is 6. The minimum Gasteiger partial charge on any atom is -0.481 e. The van der Waals surface area contributed by atoms with Gasteiger partial charge >= 0.3 is 12.1 Å². The third kappa shape index (κ3) is 6.23. The van der Waals surface area contributed by atoms with Crippen LogP contribution in [0.25, 0.3) is 0 Å². The summed E-state index contributed by atoms with van der Waals surface area (Å²) in [6.07, 6.45) is -2.25. The van der Waals surface area contributed by atoms with E-state index in [9.17, 15) is 22.8 Å². The maximum atomic E-state index is 11.8. The zero-order valence-electron chi connectivity index (χ0n) is 10.9. The Morgan fingerprint density at radius 1 is 1.25 bits per heavy atom. The summed E-state index contributed by atoms with van der Waals surface area (Å²) in [5.74, 6) is -2.11. The zero-order chi connectivity index (χ0) is 15.2. The molecule has 1 amide bonds. The fourth-order valence-electron chi connectivity index (χ4n) is 2.23. The van der Waals surface area contributed by atoms with Gasteiger partial charge in [0.15, 0.2) is 0 Å². The Morgan fingerprint density at radius 2 is 1.90 bits per heavy atom. The van der Waals surface area contributed by atoms with Crippen molar-refractivity contribution >= 4 is 11.9 Å². The van der Waals surface area contributed by atoms with E-state index in [1.54, 1.807) is 0 Å². The van der Waals surface area contributed by atoms with Gasteiger partial charge in [-0.3, -0.25) is 9.59 Å². The molecular weight excluding hydrogens is 279 g/mol. The van der Waals surface area contributed by atoms with E-state index < -0.39 is 24.7 Å². The molecule has 2 N–H and O–H groups in total. The maximum absolute atomic E-state index is 11.8. The molecule has 0 aromatic carbocycles. The smallest absolute Gasteiger partial charge is 0.411 e. The van der Waals surface area contributed by atoms with Crippen molar-refractivity contribution in [1.29, 1.82) is 0 Å². The highest BCUT2D eigenvalue weighted by Crippen LogP contribution is 2.29. The number of aliphatic carboxylic acids is 1. The minimum absolute atomic E-state index is 0.0108. The van der Waals surface area contributed by atoms with E-state index in [4.69, 9.17) is 5.11 Å². The predicted octanol–water partition coefficient (Wildman–Crippen LogP) is 1.57. The molecule has 0 radical (unpaired) electrons. The summed E-state index contributed by atoms with van der Waals surface area (Å²) < 4.78 is 39.7. The lowest BCUT2D eigenvalue weighted by Crippen LogP contribution is -2.37. The fraction of sp³-hybridized carbons (Fsp3) is 0.833. The molecule has 0 bridgehead atoms. The Labute approximate surface area is 114 Å². The summed E-state index contributed by atoms with van der Waals surface area (Å²) in [7, 11) is 0. The molecule has 1 rings (SSSR count). The monoisotopic (exact) mass is 297 g/mol. The number of alkyl halides is 3.